The first-order valence-electron chi connectivity index (χ1n) is 8.80. The largest absolute Gasteiger partial charge is 0.343 e. The number of halogens is 1. The van der Waals surface area contributed by atoms with Crippen LogP contribution in [0.25, 0.3) is 0 Å². The summed E-state index contributed by atoms with van der Waals surface area (Å²) in [5, 5.41) is 2.51. The van der Waals surface area contributed by atoms with Gasteiger partial charge in [0.1, 0.15) is 5.82 Å². The molecule has 7 nitrogen and oxygen atoms in total. The number of amides is 2. The minimum absolute atomic E-state index is 0.0885. The lowest BCUT2D eigenvalue weighted by atomic mass is 10.2. The van der Waals surface area contributed by atoms with Gasteiger partial charge in [0.2, 0.25) is 5.91 Å². The van der Waals surface area contributed by atoms with Crippen molar-refractivity contribution < 1.29 is 22.4 Å². The molecule has 0 spiro atoms. The van der Waals surface area contributed by atoms with Gasteiger partial charge in [0, 0.05) is 18.7 Å². The Morgan fingerprint density at radius 3 is 2.46 bits per heavy atom. The van der Waals surface area contributed by atoms with Crippen LogP contribution in [0.3, 0.4) is 0 Å². The highest BCUT2D eigenvalue weighted by molar-refractivity contribution is 7.92. The topological polar surface area (TPSA) is 95.6 Å². The fourth-order valence-electron chi connectivity index (χ4n) is 2.89. The number of para-hydroxylation sites is 1. The van der Waals surface area contributed by atoms with Gasteiger partial charge in [0.05, 0.1) is 17.1 Å². The molecule has 2 aromatic carbocycles. The number of hydrogen-bond donors (Lipinski definition) is 2. The molecule has 2 aromatic rings. The predicted octanol–water partition coefficient (Wildman–Crippen LogP) is 1.98. The lowest BCUT2D eigenvalue weighted by Crippen LogP contribution is -2.38. The number of rotatable bonds is 6. The highest BCUT2D eigenvalue weighted by Gasteiger charge is 2.20. The molecule has 1 aliphatic heterocycles. The minimum Gasteiger partial charge on any atom is -0.343 e. The lowest BCUT2D eigenvalue weighted by Gasteiger charge is -2.15. The summed E-state index contributed by atoms with van der Waals surface area (Å²) < 4.78 is 40.9. The number of nitrogens with zero attached hydrogens (tertiary/aromatic N) is 1. The molecule has 0 aromatic heterocycles. The summed E-state index contributed by atoms with van der Waals surface area (Å²) in [6.07, 6.45) is 1.91. The molecule has 0 atom stereocenters. The van der Waals surface area contributed by atoms with E-state index in [2.05, 4.69) is 10.0 Å². The molecule has 1 fully saturated rings. The molecular weight excluding hydrogens is 385 g/mol. The summed E-state index contributed by atoms with van der Waals surface area (Å²) in [7, 11) is -4.08. The number of carbonyl (C=O) groups is 2. The molecule has 0 bridgehead atoms. The van der Waals surface area contributed by atoms with E-state index in [1.54, 1.807) is 4.90 Å². The van der Waals surface area contributed by atoms with Crippen LogP contribution in [-0.4, -0.2) is 44.8 Å². The summed E-state index contributed by atoms with van der Waals surface area (Å²) in [5.74, 6) is -1.44. The number of carbonyl (C=O) groups excluding carboxylic acids is 2. The molecule has 0 aliphatic carbocycles. The van der Waals surface area contributed by atoms with Crippen molar-refractivity contribution in [3.05, 3.63) is 59.9 Å². The second-order valence-corrected chi connectivity index (χ2v) is 8.07. The van der Waals surface area contributed by atoms with E-state index in [9.17, 15) is 22.4 Å². The number of likely N-dealkylation sites (tertiary alicyclic amines) is 1. The van der Waals surface area contributed by atoms with Crippen LogP contribution >= 0.6 is 0 Å². The highest BCUT2D eigenvalue weighted by Crippen LogP contribution is 2.19. The number of hydrogen-bond acceptors (Lipinski definition) is 4. The Kier molecular flexibility index (Phi) is 5.93. The fraction of sp³-hybridized carbons (Fsp3) is 0.263. The van der Waals surface area contributed by atoms with Gasteiger partial charge in [0.15, 0.2) is 0 Å². The Morgan fingerprint density at radius 1 is 1.04 bits per heavy atom. The monoisotopic (exact) mass is 405 g/mol. The molecule has 1 saturated heterocycles. The first-order chi connectivity index (χ1) is 13.4. The molecule has 1 aliphatic rings. The van der Waals surface area contributed by atoms with Crippen molar-refractivity contribution in [1.29, 1.82) is 0 Å². The summed E-state index contributed by atoms with van der Waals surface area (Å²) in [4.78, 5) is 25.8. The Balaban J connectivity index is 1.69. The van der Waals surface area contributed by atoms with E-state index in [1.165, 1.54) is 42.5 Å². The highest BCUT2D eigenvalue weighted by atomic mass is 32.2. The van der Waals surface area contributed by atoms with E-state index in [0.717, 1.165) is 18.9 Å². The number of benzene rings is 2. The third-order valence-corrected chi connectivity index (χ3v) is 5.75. The van der Waals surface area contributed by atoms with Gasteiger partial charge in [-0.1, -0.05) is 18.2 Å². The molecule has 0 saturated carbocycles. The summed E-state index contributed by atoms with van der Waals surface area (Å²) in [6.45, 7) is 1.22. The predicted molar refractivity (Wildman–Crippen MR) is 102 cm³/mol. The van der Waals surface area contributed by atoms with Gasteiger partial charge in [-0.2, -0.15) is 0 Å². The third kappa shape index (κ3) is 4.66. The zero-order valence-corrected chi connectivity index (χ0v) is 15.8. The zero-order valence-electron chi connectivity index (χ0n) is 15.0. The van der Waals surface area contributed by atoms with Crippen molar-refractivity contribution in [2.45, 2.75) is 17.7 Å². The second-order valence-electron chi connectivity index (χ2n) is 6.38. The molecule has 9 heteroatoms. The Morgan fingerprint density at radius 2 is 1.75 bits per heavy atom. The first kappa shape index (κ1) is 19.8. The maximum atomic E-state index is 13.7. The van der Waals surface area contributed by atoms with Gasteiger partial charge >= 0.3 is 0 Å². The smallest absolute Gasteiger partial charge is 0.262 e. The minimum atomic E-state index is -4.08. The molecule has 148 valence electrons. The molecule has 2 amide bonds. The molecule has 2 N–H and O–H groups in total. The number of nitrogens with one attached hydrogen (secondary N) is 2. The SMILES string of the molecule is O=C(NCC(=O)N1CCCC1)c1cccc(S(=O)(=O)Nc2ccccc2F)c1. The molecule has 1 heterocycles. The third-order valence-electron chi connectivity index (χ3n) is 4.38. The van der Waals surface area contributed by atoms with E-state index in [0.29, 0.717) is 13.1 Å². The maximum absolute atomic E-state index is 13.7. The number of sulfonamides is 1. The van der Waals surface area contributed by atoms with Gasteiger partial charge in [-0.15, -0.1) is 0 Å². The van der Waals surface area contributed by atoms with Gasteiger partial charge in [-0.05, 0) is 43.2 Å². The zero-order chi connectivity index (χ0) is 20.1. The van der Waals surface area contributed by atoms with Crippen LogP contribution in [0.15, 0.2) is 53.4 Å². The fourth-order valence-corrected chi connectivity index (χ4v) is 4.00. The van der Waals surface area contributed by atoms with Gasteiger partial charge in [-0.3, -0.25) is 14.3 Å². The van der Waals surface area contributed by atoms with E-state index >= 15 is 0 Å². The van der Waals surface area contributed by atoms with E-state index in [1.807, 2.05) is 0 Å². The van der Waals surface area contributed by atoms with Crippen molar-refractivity contribution in [3.63, 3.8) is 0 Å². The van der Waals surface area contributed by atoms with Gasteiger partial charge < -0.3 is 10.2 Å². The van der Waals surface area contributed by atoms with Gasteiger partial charge in [-0.25, -0.2) is 12.8 Å². The Hall–Kier alpha value is -2.94. The molecule has 0 unspecified atom stereocenters. The normalized spacial score (nSPS) is 14.0. The molecule has 28 heavy (non-hydrogen) atoms. The first-order valence-corrected chi connectivity index (χ1v) is 10.3. The van der Waals surface area contributed by atoms with Crippen LogP contribution in [0.4, 0.5) is 10.1 Å². The number of anilines is 1. The van der Waals surface area contributed by atoms with Crippen LogP contribution in [0.1, 0.15) is 23.2 Å². The molecule has 3 rings (SSSR count). The summed E-state index contributed by atoms with van der Waals surface area (Å²) in [5.41, 5.74) is -0.0980. The maximum Gasteiger partial charge on any atom is 0.262 e. The van der Waals surface area contributed by atoms with Crippen LogP contribution < -0.4 is 10.0 Å². The van der Waals surface area contributed by atoms with Crippen molar-refractivity contribution >= 4 is 27.5 Å². The summed E-state index contributed by atoms with van der Waals surface area (Å²) >= 11 is 0. The van der Waals surface area contributed by atoms with E-state index in [-0.39, 0.29) is 28.6 Å². The van der Waals surface area contributed by atoms with Crippen LogP contribution in [0.2, 0.25) is 0 Å². The van der Waals surface area contributed by atoms with E-state index < -0.39 is 21.7 Å². The summed E-state index contributed by atoms with van der Waals surface area (Å²) in [6, 6.07) is 10.7. The van der Waals surface area contributed by atoms with Crippen molar-refractivity contribution in [2.24, 2.45) is 0 Å². The lowest BCUT2D eigenvalue weighted by molar-refractivity contribution is -0.129. The Bertz CT molecular complexity index is 988. The van der Waals surface area contributed by atoms with Crippen molar-refractivity contribution in [2.75, 3.05) is 24.4 Å². The molecule has 0 radical (unpaired) electrons. The van der Waals surface area contributed by atoms with E-state index in [4.69, 9.17) is 0 Å². The van der Waals surface area contributed by atoms with Gasteiger partial charge in [0.25, 0.3) is 15.9 Å². The average Bonchev–Trinajstić information content (AvgIpc) is 3.22. The quantitative estimate of drug-likeness (QED) is 0.768. The average molecular weight is 405 g/mol. The second kappa shape index (κ2) is 8.39. The van der Waals surface area contributed by atoms with Crippen LogP contribution in [0.5, 0.6) is 0 Å². The standard InChI is InChI=1S/C19H20FN3O4S/c20-16-8-1-2-9-17(16)22-28(26,27)15-7-5-6-14(12-15)19(25)21-13-18(24)23-10-3-4-11-23/h1-2,5-9,12,22H,3-4,10-11,13H2,(H,21,25). The Labute approximate surface area is 162 Å². The molecular formula is C19H20FN3O4S. The van der Waals surface area contributed by atoms with Crippen molar-refractivity contribution in [1.82, 2.24) is 10.2 Å². The van der Waals surface area contributed by atoms with Crippen LogP contribution in [0, 0.1) is 5.82 Å². The van der Waals surface area contributed by atoms with Crippen LogP contribution in [-0.2, 0) is 14.8 Å². The van der Waals surface area contributed by atoms with Crippen molar-refractivity contribution in [3.8, 4) is 0 Å².